The van der Waals surface area contributed by atoms with Gasteiger partial charge in [0.1, 0.15) is 5.82 Å². The Kier molecular flexibility index (Phi) is 3.75. The number of aromatic nitrogens is 1. The number of anilines is 1. The monoisotopic (exact) mass is 341 g/mol. The van der Waals surface area contributed by atoms with Gasteiger partial charge in [0.25, 0.3) is 0 Å². The Morgan fingerprint density at radius 3 is 2.31 bits per heavy atom. The number of hydrogen-bond donors (Lipinski definition) is 0. The van der Waals surface area contributed by atoms with Gasteiger partial charge in [0, 0.05) is 42.3 Å². The molecule has 0 amide bonds. The minimum atomic E-state index is 1.04. The van der Waals surface area contributed by atoms with Gasteiger partial charge in [-0.2, -0.15) is 0 Å². The molecule has 0 saturated carbocycles. The fourth-order valence-corrected chi connectivity index (χ4v) is 4.22. The maximum absolute atomic E-state index is 5.09. The molecule has 0 spiro atoms. The Balaban J connectivity index is 1.79. The minimum absolute atomic E-state index is 1.04. The van der Waals surface area contributed by atoms with Gasteiger partial charge in [-0.05, 0) is 23.4 Å². The van der Waals surface area contributed by atoms with E-state index in [0.29, 0.717) is 0 Å². The lowest BCUT2D eigenvalue weighted by Gasteiger charge is -2.35. The van der Waals surface area contributed by atoms with Crippen LogP contribution in [-0.2, 0) is 0 Å². The second-order valence-electron chi connectivity index (χ2n) is 7.08. The second kappa shape index (κ2) is 6.26. The summed E-state index contributed by atoms with van der Waals surface area (Å²) in [6.45, 7) is 7.68. The van der Waals surface area contributed by atoms with E-state index in [2.05, 4.69) is 77.4 Å². The van der Waals surface area contributed by atoms with Crippen molar-refractivity contribution in [2.45, 2.75) is 6.92 Å². The zero-order valence-corrected chi connectivity index (χ0v) is 15.2. The molecule has 0 aliphatic carbocycles. The summed E-state index contributed by atoms with van der Waals surface area (Å²) in [5.74, 6) is 1.14. The normalized spacial score (nSPS) is 16.0. The average Bonchev–Trinajstić information content (AvgIpc) is 2.73. The summed E-state index contributed by atoms with van der Waals surface area (Å²) < 4.78 is 0. The number of rotatable bonds is 2. The van der Waals surface area contributed by atoms with Crippen LogP contribution in [0.2, 0.25) is 0 Å². The van der Waals surface area contributed by atoms with Crippen molar-refractivity contribution >= 4 is 38.3 Å². The topological polar surface area (TPSA) is 19.4 Å². The number of para-hydroxylation sites is 1. The van der Waals surface area contributed by atoms with Gasteiger partial charge < -0.3 is 9.80 Å². The molecule has 4 aromatic rings. The van der Waals surface area contributed by atoms with Gasteiger partial charge in [-0.1, -0.05) is 61.5 Å². The highest BCUT2D eigenvalue weighted by Crippen LogP contribution is 2.36. The van der Waals surface area contributed by atoms with E-state index >= 15 is 0 Å². The number of likely N-dealkylation sites (N-methyl/N-ethyl adjacent to an activating group) is 1. The number of piperazine rings is 1. The molecule has 0 unspecified atom stereocenters. The maximum Gasteiger partial charge on any atom is 0.137 e. The molecule has 1 saturated heterocycles. The highest BCUT2D eigenvalue weighted by Gasteiger charge is 2.20. The molecule has 0 atom stereocenters. The fraction of sp³-hybridized carbons (Fsp3) is 0.261. The first-order valence-electron chi connectivity index (χ1n) is 9.52. The van der Waals surface area contributed by atoms with Crippen LogP contribution >= 0.6 is 0 Å². The van der Waals surface area contributed by atoms with E-state index in [4.69, 9.17) is 4.98 Å². The van der Waals surface area contributed by atoms with Gasteiger partial charge in [-0.3, -0.25) is 0 Å². The molecule has 3 aromatic carbocycles. The summed E-state index contributed by atoms with van der Waals surface area (Å²) >= 11 is 0. The van der Waals surface area contributed by atoms with Crippen molar-refractivity contribution in [3.05, 3.63) is 60.7 Å². The van der Waals surface area contributed by atoms with Crippen molar-refractivity contribution in [1.29, 1.82) is 0 Å². The summed E-state index contributed by atoms with van der Waals surface area (Å²) in [4.78, 5) is 10.1. The van der Waals surface area contributed by atoms with Crippen LogP contribution in [0, 0.1) is 0 Å². The summed E-state index contributed by atoms with van der Waals surface area (Å²) in [6, 6.07) is 21.7. The first kappa shape index (κ1) is 15.6. The first-order valence-corrected chi connectivity index (χ1v) is 9.52. The third-order valence-corrected chi connectivity index (χ3v) is 5.69. The Morgan fingerprint density at radius 1 is 0.769 bits per heavy atom. The SMILES string of the molecule is CCN1CCN(c2nc3ccccc3c3c2ccc2ccccc23)CC1. The van der Waals surface area contributed by atoms with Crippen LogP contribution < -0.4 is 4.90 Å². The van der Waals surface area contributed by atoms with E-state index in [9.17, 15) is 0 Å². The van der Waals surface area contributed by atoms with Gasteiger partial charge >= 0.3 is 0 Å². The number of fused-ring (bicyclic) bond motifs is 5. The highest BCUT2D eigenvalue weighted by atomic mass is 15.3. The summed E-state index contributed by atoms with van der Waals surface area (Å²) in [7, 11) is 0. The number of pyridine rings is 1. The van der Waals surface area contributed by atoms with Crippen LogP contribution in [0.4, 0.5) is 5.82 Å². The Labute approximate surface area is 153 Å². The average molecular weight is 341 g/mol. The largest absolute Gasteiger partial charge is 0.354 e. The zero-order chi connectivity index (χ0) is 17.5. The highest BCUT2D eigenvalue weighted by molar-refractivity contribution is 6.22. The van der Waals surface area contributed by atoms with E-state index in [-0.39, 0.29) is 0 Å². The molecular formula is C23H23N3. The number of hydrogen-bond acceptors (Lipinski definition) is 3. The molecule has 26 heavy (non-hydrogen) atoms. The van der Waals surface area contributed by atoms with Crippen LogP contribution in [0.1, 0.15) is 6.92 Å². The third-order valence-electron chi connectivity index (χ3n) is 5.69. The predicted octanol–water partition coefficient (Wildman–Crippen LogP) is 4.68. The summed E-state index contributed by atoms with van der Waals surface area (Å²) in [5.41, 5.74) is 1.09. The Bertz CT molecular complexity index is 1080. The van der Waals surface area contributed by atoms with Crippen LogP contribution in [0.15, 0.2) is 60.7 Å². The summed E-state index contributed by atoms with van der Waals surface area (Å²) in [6.07, 6.45) is 0. The van der Waals surface area contributed by atoms with Gasteiger partial charge in [-0.15, -0.1) is 0 Å². The molecule has 0 N–H and O–H groups in total. The molecule has 3 heteroatoms. The van der Waals surface area contributed by atoms with Gasteiger partial charge in [0.15, 0.2) is 0 Å². The molecular weight excluding hydrogens is 318 g/mol. The van der Waals surface area contributed by atoms with E-state index in [0.717, 1.165) is 44.1 Å². The molecule has 2 heterocycles. The zero-order valence-electron chi connectivity index (χ0n) is 15.2. The van der Waals surface area contributed by atoms with Gasteiger partial charge in [0.05, 0.1) is 5.52 Å². The molecule has 1 fully saturated rings. The number of benzene rings is 3. The number of nitrogens with zero attached hydrogens (tertiary/aromatic N) is 3. The molecule has 130 valence electrons. The predicted molar refractivity (Wildman–Crippen MR) is 111 cm³/mol. The standard InChI is InChI=1S/C23H23N3/c1-2-25-13-15-26(16-14-25)23-20-12-11-17-7-3-4-8-18(17)22(20)19-9-5-6-10-21(19)24-23/h3-12H,2,13-16H2,1H3. The smallest absolute Gasteiger partial charge is 0.137 e. The van der Waals surface area contributed by atoms with Crippen LogP contribution in [-0.4, -0.2) is 42.6 Å². The summed E-state index contributed by atoms with van der Waals surface area (Å²) in [5, 5.41) is 6.46. The van der Waals surface area contributed by atoms with E-state index in [1.54, 1.807) is 0 Å². The molecule has 3 nitrogen and oxygen atoms in total. The Hall–Kier alpha value is -2.65. The van der Waals surface area contributed by atoms with Crippen LogP contribution in [0.3, 0.4) is 0 Å². The third kappa shape index (κ3) is 2.43. The van der Waals surface area contributed by atoms with E-state index < -0.39 is 0 Å². The molecule has 1 aliphatic rings. The van der Waals surface area contributed by atoms with Crippen molar-refractivity contribution in [3.8, 4) is 0 Å². The van der Waals surface area contributed by atoms with Crippen molar-refractivity contribution in [2.75, 3.05) is 37.6 Å². The molecule has 1 aromatic heterocycles. The van der Waals surface area contributed by atoms with E-state index in [1.807, 2.05) is 0 Å². The van der Waals surface area contributed by atoms with Crippen LogP contribution in [0.25, 0.3) is 32.4 Å². The lowest BCUT2D eigenvalue weighted by molar-refractivity contribution is 0.271. The first-order chi connectivity index (χ1) is 12.8. The van der Waals surface area contributed by atoms with Crippen LogP contribution in [0.5, 0.6) is 0 Å². The quantitative estimate of drug-likeness (QED) is 0.493. The molecule has 0 bridgehead atoms. The second-order valence-corrected chi connectivity index (χ2v) is 7.08. The fourth-order valence-electron chi connectivity index (χ4n) is 4.22. The Morgan fingerprint density at radius 2 is 1.50 bits per heavy atom. The van der Waals surface area contributed by atoms with Crippen molar-refractivity contribution in [1.82, 2.24) is 9.88 Å². The maximum atomic E-state index is 5.09. The van der Waals surface area contributed by atoms with Crippen molar-refractivity contribution < 1.29 is 0 Å². The molecule has 0 radical (unpaired) electrons. The van der Waals surface area contributed by atoms with Crippen molar-refractivity contribution in [2.24, 2.45) is 0 Å². The molecule has 1 aliphatic heterocycles. The van der Waals surface area contributed by atoms with Gasteiger partial charge in [-0.25, -0.2) is 4.98 Å². The lowest BCUT2D eigenvalue weighted by Crippen LogP contribution is -2.46. The van der Waals surface area contributed by atoms with Crippen molar-refractivity contribution in [3.63, 3.8) is 0 Å². The minimum Gasteiger partial charge on any atom is -0.354 e. The molecule has 5 rings (SSSR count). The van der Waals surface area contributed by atoms with Gasteiger partial charge in [0.2, 0.25) is 0 Å². The van der Waals surface area contributed by atoms with E-state index in [1.165, 1.54) is 26.9 Å². The lowest BCUT2D eigenvalue weighted by atomic mass is 9.98.